The van der Waals surface area contributed by atoms with Gasteiger partial charge in [0.1, 0.15) is 5.60 Å². The van der Waals surface area contributed by atoms with Gasteiger partial charge in [-0.15, -0.1) is 0 Å². The Morgan fingerprint density at radius 2 is 2.17 bits per heavy atom. The first-order valence-corrected chi connectivity index (χ1v) is 9.52. The molecule has 0 N–H and O–H groups in total. The molecule has 23 heavy (non-hydrogen) atoms. The molecule has 1 atom stereocenters. The average Bonchev–Trinajstić information content (AvgIpc) is 2.82. The zero-order valence-electron chi connectivity index (χ0n) is 14.1. The van der Waals surface area contributed by atoms with Crippen LogP contribution in [0.25, 0.3) is 6.08 Å². The van der Waals surface area contributed by atoms with E-state index in [1.54, 1.807) is 4.90 Å². The molecule has 4 nitrogen and oxygen atoms in total. The summed E-state index contributed by atoms with van der Waals surface area (Å²) in [6.45, 7) is 7.47. The standard InChI is InChI=1S/C18H24N2O2S/c1-18(2,3)22-17(21)19-8-7-14-13(11-19)12-5-4-6-15-16(12)20(14)9-10-23-15/h7-8,15H,4-6,9-11H2,1-3H3. The van der Waals surface area contributed by atoms with E-state index in [9.17, 15) is 4.79 Å². The highest BCUT2D eigenvalue weighted by Crippen LogP contribution is 2.47. The minimum absolute atomic E-state index is 0.252. The van der Waals surface area contributed by atoms with E-state index < -0.39 is 5.60 Å². The number of thioether (sulfide) groups is 1. The Balaban J connectivity index is 1.67. The van der Waals surface area contributed by atoms with Gasteiger partial charge in [-0.3, -0.25) is 4.90 Å². The summed E-state index contributed by atoms with van der Waals surface area (Å²) in [6, 6.07) is 0. The molecule has 1 aliphatic carbocycles. The minimum Gasteiger partial charge on any atom is -0.443 e. The largest absolute Gasteiger partial charge is 0.443 e. The Bertz CT molecular complexity index is 682. The van der Waals surface area contributed by atoms with Crippen molar-refractivity contribution in [3.63, 3.8) is 0 Å². The first kappa shape index (κ1) is 15.2. The maximum Gasteiger partial charge on any atom is 0.414 e. The van der Waals surface area contributed by atoms with Crippen molar-refractivity contribution in [1.29, 1.82) is 0 Å². The number of rotatable bonds is 0. The number of carbonyl (C=O) groups is 1. The lowest BCUT2D eigenvalue weighted by atomic mass is 9.93. The Morgan fingerprint density at radius 3 is 2.96 bits per heavy atom. The summed E-state index contributed by atoms with van der Waals surface area (Å²) in [5, 5.41) is 0.654. The van der Waals surface area contributed by atoms with Gasteiger partial charge in [-0.05, 0) is 51.7 Å². The fourth-order valence-corrected chi connectivity index (χ4v) is 5.23. The second kappa shape index (κ2) is 5.33. The van der Waals surface area contributed by atoms with Crippen molar-refractivity contribution in [3.05, 3.63) is 28.7 Å². The SMILES string of the molecule is CC(C)(C)OC(=O)N1C=Cc2c(c3c4n2CCSC4CCC3)C1. The van der Waals surface area contributed by atoms with E-state index in [0.29, 0.717) is 11.8 Å². The molecule has 0 bridgehead atoms. The molecule has 0 saturated carbocycles. The van der Waals surface area contributed by atoms with Gasteiger partial charge in [0.05, 0.1) is 6.54 Å². The van der Waals surface area contributed by atoms with Gasteiger partial charge in [0.2, 0.25) is 0 Å². The van der Waals surface area contributed by atoms with Crippen LogP contribution in [0.1, 0.15) is 61.4 Å². The third-order valence-electron chi connectivity index (χ3n) is 4.77. The predicted molar refractivity (Wildman–Crippen MR) is 93.4 cm³/mol. The lowest BCUT2D eigenvalue weighted by molar-refractivity contribution is 0.0322. The van der Waals surface area contributed by atoms with Crippen LogP contribution in [-0.2, 0) is 24.2 Å². The zero-order chi connectivity index (χ0) is 16.2. The Morgan fingerprint density at radius 1 is 1.35 bits per heavy atom. The van der Waals surface area contributed by atoms with Gasteiger partial charge in [-0.2, -0.15) is 11.8 Å². The highest BCUT2D eigenvalue weighted by atomic mass is 32.2. The fraction of sp³-hybridized carbons (Fsp3) is 0.611. The highest BCUT2D eigenvalue weighted by molar-refractivity contribution is 7.99. The fourth-order valence-electron chi connectivity index (χ4n) is 3.90. The van der Waals surface area contributed by atoms with E-state index in [2.05, 4.69) is 22.4 Å². The van der Waals surface area contributed by atoms with Gasteiger partial charge in [-0.25, -0.2) is 4.79 Å². The van der Waals surface area contributed by atoms with E-state index in [1.807, 2.05) is 27.0 Å². The number of hydrogen-bond acceptors (Lipinski definition) is 3. The molecule has 2 aliphatic heterocycles. The third-order valence-corrected chi connectivity index (χ3v) is 6.04. The molecule has 3 aliphatic rings. The van der Waals surface area contributed by atoms with Crippen LogP contribution in [0, 0.1) is 0 Å². The first-order chi connectivity index (χ1) is 10.9. The molecule has 1 amide bonds. The quantitative estimate of drug-likeness (QED) is 0.709. The summed E-state index contributed by atoms with van der Waals surface area (Å²) in [7, 11) is 0. The van der Waals surface area contributed by atoms with Gasteiger partial charge in [-0.1, -0.05) is 0 Å². The Labute approximate surface area is 141 Å². The molecule has 0 aromatic carbocycles. The zero-order valence-corrected chi connectivity index (χ0v) is 14.9. The summed E-state index contributed by atoms with van der Waals surface area (Å²) in [5.41, 5.74) is 5.25. The number of aromatic nitrogens is 1. The molecule has 0 spiro atoms. The normalized spacial score (nSPS) is 22.6. The highest BCUT2D eigenvalue weighted by Gasteiger charge is 2.35. The molecule has 0 fully saturated rings. The number of hydrogen-bond donors (Lipinski definition) is 0. The van der Waals surface area contributed by atoms with Crippen molar-refractivity contribution >= 4 is 23.9 Å². The average molecular weight is 332 g/mol. The van der Waals surface area contributed by atoms with E-state index >= 15 is 0 Å². The third kappa shape index (κ3) is 2.59. The van der Waals surface area contributed by atoms with Crippen LogP contribution in [0.4, 0.5) is 4.79 Å². The van der Waals surface area contributed by atoms with Crippen LogP contribution in [-0.4, -0.2) is 26.9 Å². The maximum atomic E-state index is 12.4. The summed E-state index contributed by atoms with van der Waals surface area (Å²) in [4.78, 5) is 14.1. The van der Waals surface area contributed by atoms with E-state index in [0.717, 1.165) is 13.0 Å². The molecule has 1 unspecified atom stereocenters. The van der Waals surface area contributed by atoms with Crippen LogP contribution in [0.5, 0.6) is 0 Å². The van der Waals surface area contributed by atoms with Crippen molar-refractivity contribution in [2.24, 2.45) is 0 Å². The number of fused-ring (bicyclic) bond motifs is 3. The van der Waals surface area contributed by atoms with Gasteiger partial charge in [0.15, 0.2) is 0 Å². The molecular formula is C18H24N2O2S. The van der Waals surface area contributed by atoms with Crippen molar-refractivity contribution in [2.45, 2.75) is 64.0 Å². The van der Waals surface area contributed by atoms with Crippen molar-refractivity contribution in [2.75, 3.05) is 5.75 Å². The molecule has 0 saturated heterocycles. The molecular weight excluding hydrogens is 308 g/mol. The number of nitrogens with zero attached hydrogens (tertiary/aromatic N) is 2. The lowest BCUT2D eigenvalue weighted by Gasteiger charge is -2.29. The summed E-state index contributed by atoms with van der Waals surface area (Å²) >= 11 is 2.10. The molecule has 0 radical (unpaired) electrons. The van der Waals surface area contributed by atoms with Gasteiger partial charge >= 0.3 is 6.09 Å². The van der Waals surface area contributed by atoms with Gasteiger partial charge in [0, 0.05) is 40.7 Å². The van der Waals surface area contributed by atoms with E-state index in [1.165, 1.54) is 41.1 Å². The van der Waals surface area contributed by atoms with E-state index in [4.69, 9.17) is 4.74 Å². The second-order valence-electron chi connectivity index (χ2n) is 7.55. The van der Waals surface area contributed by atoms with Crippen molar-refractivity contribution in [3.8, 4) is 0 Å². The van der Waals surface area contributed by atoms with Crippen LogP contribution in [0.3, 0.4) is 0 Å². The molecule has 124 valence electrons. The van der Waals surface area contributed by atoms with Crippen LogP contribution in [0.15, 0.2) is 6.20 Å². The smallest absolute Gasteiger partial charge is 0.414 e. The summed E-state index contributed by atoms with van der Waals surface area (Å²) < 4.78 is 8.04. The first-order valence-electron chi connectivity index (χ1n) is 8.47. The lowest BCUT2D eigenvalue weighted by Crippen LogP contribution is -2.34. The minimum atomic E-state index is -0.457. The summed E-state index contributed by atoms with van der Waals surface area (Å²) in [6.07, 6.45) is 7.45. The molecule has 1 aromatic rings. The number of amides is 1. The predicted octanol–water partition coefficient (Wildman–Crippen LogP) is 4.33. The number of carbonyl (C=O) groups excluding carboxylic acids is 1. The van der Waals surface area contributed by atoms with E-state index in [-0.39, 0.29) is 6.09 Å². The van der Waals surface area contributed by atoms with Crippen molar-refractivity contribution < 1.29 is 9.53 Å². The molecule has 5 heteroatoms. The molecule has 3 heterocycles. The Kier molecular flexibility index (Phi) is 3.52. The second-order valence-corrected chi connectivity index (χ2v) is 8.87. The van der Waals surface area contributed by atoms with Crippen molar-refractivity contribution in [1.82, 2.24) is 9.47 Å². The van der Waals surface area contributed by atoms with Crippen LogP contribution < -0.4 is 0 Å². The summed E-state index contributed by atoms with van der Waals surface area (Å²) in [5.74, 6) is 1.20. The van der Waals surface area contributed by atoms with Gasteiger partial charge in [0.25, 0.3) is 0 Å². The molecule has 4 rings (SSSR count). The van der Waals surface area contributed by atoms with Gasteiger partial charge < -0.3 is 9.30 Å². The Hall–Kier alpha value is -1.36. The topological polar surface area (TPSA) is 34.5 Å². The number of ether oxygens (including phenoxy) is 1. The monoisotopic (exact) mass is 332 g/mol. The van der Waals surface area contributed by atoms with Crippen LogP contribution >= 0.6 is 11.8 Å². The maximum absolute atomic E-state index is 12.4. The van der Waals surface area contributed by atoms with Crippen LogP contribution in [0.2, 0.25) is 0 Å². The molecule has 1 aromatic heterocycles.